The minimum Gasteiger partial charge on any atom is -0.248 e. The first-order chi connectivity index (χ1) is 4.63. The van der Waals surface area contributed by atoms with Crippen LogP contribution in [0.5, 0.6) is 0 Å². The van der Waals surface area contributed by atoms with E-state index in [0.717, 1.165) is 11.3 Å². The molecule has 0 amide bonds. The predicted octanol–water partition coefficient (Wildman–Crippen LogP) is 2.81. The lowest BCUT2D eigenvalue weighted by atomic mass is 10.2. The van der Waals surface area contributed by atoms with Crippen LogP contribution in [0, 0.1) is 20.0 Å². The van der Waals surface area contributed by atoms with Gasteiger partial charge in [0.05, 0.1) is 15.7 Å². The van der Waals surface area contributed by atoms with Crippen LogP contribution in [0.1, 0.15) is 11.3 Å². The molecule has 0 aromatic carbocycles. The third kappa shape index (κ3) is 1.25. The summed E-state index contributed by atoms with van der Waals surface area (Å²) in [6.07, 6.45) is 2.64. The van der Waals surface area contributed by atoms with E-state index >= 15 is 0 Å². The molecule has 0 N–H and O–H groups in total. The normalized spacial score (nSPS) is 10.0. The first kappa shape index (κ1) is 7.83. The van der Waals surface area contributed by atoms with Crippen LogP contribution in [0.2, 0.25) is 10.0 Å². The molecule has 0 aliphatic rings. The Kier molecular flexibility index (Phi) is 2.17. The molecule has 1 aromatic heterocycles. The van der Waals surface area contributed by atoms with E-state index < -0.39 is 0 Å². The summed E-state index contributed by atoms with van der Waals surface area (Å²) in [5.41, 5.74) is 1.61. The summed E-state index contributed by atoms with van der Waals surface area (Å²) in [4.78, 5) is 3.85. The van der Waals surface area contributed by atoms with Crippen molar-refractivity contribution in [1.82, 2.24) is 4.98 Å². The lowest BCUT2D eigenvalue weighted by molar-refractivity contribution is 1.17. The minimum absolute atomic E-state index is 0.496. The summed E-state index contributed by atoms with van der Waals surface area (Å²) in [6.45, 7) is 3.66. The van der Waals surface area contributed by atoms with Gasteiger partial charge in [0.25, 0.3) is 0 Å². The average Bonchev–Trinajstić information content (AvgIpc) is 1.93. The van der Waals surface area contributed by atoms with Gasteiger partial charge in [-0.2, -0.15) is 0 Å². The first-order valence-electron chi connectivity index (χ1n) is 2.83. The topological polar surface area (TPSA) is 12.9 Å². The number of hydrogen-bond acceptors (Lipinski definition) is 1. The summed E-state index contributed by atoms with van der Waals surface area (Å²) < 4.78 is 0. The smallest absolute Gasteiger partial charge is 0.109 e. The van der Waals surface area contributed by atoms with E-state index in [1.54, 1.807) is 0 Å². The number of nitrogens with zero attached hydrogens (tertiary/aromatic N) is 1. The molecule has 53 valence electrons. The lowest BCUT2D eigenvalue weighted by Gasteiger charge is -2.00. The van der Waals surface area contributed by atoms with Crippen LogP contribution in [0.3, 0.4) is 0 Å². The van der Waals surface area contributed by atoms with Crippen LogP contribution in [0.15, 0.2) is 0 Å². The van der Waals surface area contributed by atoms with Gasteiger partial charge in [0, 0.05) is 0 Å². The molecular formula is C7H6Cl2N. The summed E-state index contributed by atoms with van der Waals surface area (Å²) in [5, 5.41) is 1.12. The minimum atomic E-state index is 0.496. The predicted molar refractivity (Wildman–Crippen MR) is 42.6 cm³/mol. The highest BCUT2D eigenvalue weighted by Gasteiger charge is 2.03. The van der Waals surface area contributed by atoms with E-state index in [-0.39, 0.29) is 0 Å². The van der Waals surface area contributed by atoms with E-state index in [9.17, 15) is 0 Å². The number of aryl methyl sites for hydroxylation is 1. The van der Waals surface area contributed by atoms with Gasteiger partial charge in [0.2, 0.25) is 0 Å². The Labute approximate surface area is 70.0 Å². The van der Waals surface area contributed by atoms with Gasteiger partial charge in [0.1, 0.15) is 6.20 Å². The van der Waals surface area contributed by atoms with Crippen LogP contribution >= 0.6 is 23.2 Å². The molecule has 0 saturated carbocycles. The Morgan fingerprint density at radius 2 is 1.90 bits per heavy atom. The molecule has 10 heavy (non-hydrogen) atoms. The summed E-state index contributed by atoms with van der Waals surface area (Å²) in [6, 6.07) is 0. The molecule has 0 bridgehead atoms. The molecule has 0 aliphatic heterocycles. The number of pyridine rings is 1. The van der Waals surface area contributed by atoms with Crippen LogP contribution in [0.25, 0.3) is 0 Å². The van der Waals surface area contributed by atoms with Gasteiger partial charge in [-0.3, -0.25) is 0 Å². The number of rotatable bonds is 0. The molecule has 0 spiro atoms. The highest BCUT2D eigenvalue weighted by molar-refractivity contribution is 6.36. The van der Waals surface area contributed by atoms with Crippen LogP contribution in [-0.4, -0.2) is 4.98 Å². The number of halogens is 2. The Balaban J connectivity index is 3.34. The fourth-order valence-electron chi connectivity index (χ4n) is 0.634. The van der Waals surface area contributed by atoms with Crippen molar-refractivity contribution in [2.24, 2.45) is 0 Å². The van der Waals surface area contributed by atoms with Gasteiger partial charge in [-0.1, -0.05) is 23.2 Å². The fourth-order valence-corrected chi connectivity index (χ4v) is 0.955. The van der Waals surface area contributed by atoms with E-state index in [4.69, 9.17) is 23.2 Å². The monoisotopic (exact) mass is 174 g/mol. The van der Waals surface area contributed by atoms with Crippen LogP contribution in [0.4, 0.5) is 0 Å². The molecule has 0 unspecified atom stereocenters. The second kappa shape index (κ2) is 2.77. The Bertz CT molecular complexity index is 231. The number of aromatic nitrogens is 1. The molecule has 1 rings (SSSR count). The quantitative estimate of drug-likeness (QED) is 0.590. The second-order valence-corrected chi connectivity index (χ2v) is 2.82. The van der Waals surface area contributed by atoms with Crippen LogP contribution < -0.4 is 0 Å². The summed E-state index contributed by atoms with van der Waals surface area (Å²) in [7, 11) is 0. The molecule has 1 aromatic rings. The third-order valence-electron chi connectivity index (χ3n) is 1.30. The van der Waals surface area contributed by atoms with Crippen molar-refractivity contribution in [3.63, 3.8) is 0 Å². The van der Waals surface area contributed by atoms with Gasteiger partial charge < -0.3 is 0 Å². The van der Waals surface area contributed by atoms with Crippen molar-refractivity contribution in [2.75, 3.05) is 0 Å². The van der Waals surface area contributed by atoms with Gasteiger partial charge in [-0.15, -0.1) is 0 Å². The van der Waals surface area contributed by atoms with Gasteiger partial charge in [-0.25, -0.2) is 4.98 Å². The third-order valence-corrected chi connectivity index (χ3v) is 2.22. The maximum Gasteiger partial charge on any atom is 0.109 e. The van der Waals surface area contributed by atoms with Gasteiger partial charge >= 0.3 is 0 Å². The molecule has 1 nitrogen and oxygen atoms in total. The van der Waals surface area contributed by atoms with E-state index in [2.05, 4.69) is 11.2 Å². The standard InChI is InChI=1S/C7H6Cl2N/c1-4-6(8)3-10-5(2)7(4)9/h1-2H3. The first-order valence-corrected chi connectivity index (χ1v) is 3.58. The highest BCUT2D eigenvalue weighted by Crippen LogP contribution is 2.23. The maximum atomic E-state index is 5.82. The molecular weight excluding hydrogens is 169 g/mol. The largest absolute Gasteiger partial charge is 0.248 e. The molecule has 0 fully saturated rings. The Morgan fingerprint density at radius 3 is 2.40 bits per heavy atom. The molecule has 1 heterocycles. The summed E-state index contributed by atoms with van der Waals surface area (Å²) >= 11 is 11.5. The Hall–Kier alpha value is -0.270. The summed E-state index contributed by atoms with van der Waals surface area (Å²) in [5.74, 6) is 0. The van der Waals surface area contributed by atoms with Gasteiger partial charge in [0.15, 0.2) is 0 Å². The molecule has 3 heteroatoms. The Morgan fingerprint density at radius 1 is 1.30 bits per heavy atom. The van der Waals surface area contributed by atoms with Crippen molar-refractivity contribution in [2.45, 2.75) is 13.8 Å². The zero-order valence-electron chi connectivity index (χ0n) is 5.70. The van der Waals surface area contributed by atoms with E-state index in [1.807, 2.05) is 13.8 Å². The average molecular weight is 175 g/mol. The van der Waals surface area contributed by atoms with Crippen molar-refractivity contribution in [3.05, 3.63) is 27.5 Å². The highest BCUT2D eigenvalue weighted by atomic mass is 35.5. The lowest BCUT2D eigenvalue weighted by Crippen LogP contribution is -1.86. The van der Waals surface area contributed by atoms with Crippen molar-refractivity contribution >= 4 is 23.2 Å². The van der Waals surface area contributed by atoms with Crippen molar-refractivity contribution in [3.8, 4) is 0 Å². The van der Waals surface area contributed by atoms with Crippen molar-refractivity contribution < 1.29 is 0 Å². The zero-order valence-corrected chi connectivity index (χ0v) is 7.22. The van der Waals surface area contributed by atoms with E-state index in [0.29, 0.717) is 10.0 Å². The van der Waals surface area contributed by atoms with Crippen LogP contribution in [-0.2, 0) is 0 Å². The number of hydrogen-bond donors (Lipinski definition) is 0. The second-order valence-electron chi connectivity index (χ2n) is 2.06. The van der Waals surface area contributed by atoms with E-state index in [1.165, 1.54) is 0 Å². The SMILES string of the molecule is Cc1n[c]c(Cl)c(C)c1Cl. The van der Waals surface area contributed by atoms with Gasteiger partial charge in [-0.05, 0) is 19.4 Å². The zero-order chi connectivity index (χ0) is 7.72. The maximum absolute atomic E-state index is 5.82. The molecule has 0 atom stereocenters. The molecule has 0 aliphatic carbocycles. The molecule has 0 saturated heterocycles. The van der Waals surface area contributed by atoms with Crippen molar-refractivity contribution in [1.29, 1.82) is 0 Å². The molecule has 1 radical (unpaired) electrons. The fraction of sp³-hybridized carbons (Fsp3) is 0.286.